The number of aldehydes is 1. The Bertz CT molecular complexity index is 539. The Morgan fingerprint density at radius 2 is 2.35 bits per heavy atom. The molecule has 17 heavy (non-hydrogen) atoms. The highest BCUT2D eigenvalue weighted by molar-refractivity contribution is 9.10. The highest BCUT2D eigenvalue weighted by atomic mass is 79.9. The molecule has 1 aromatic heterocycles. The number of ether oxygens (including phenoxy) is 1. The predicted octanol–water partition coefficient (Wildman–Crippen LogP) is 1.97. The lowest BCUT2D eigenvalue weighted by Gasteiger charge is -2.09. The molecule has 0 unspecified atom stereocenters. The average Bonchev–Trinajstić information content (AvgIpc) is 2.73. The van der Waals surface area contributed by atoms with E-state index in [0.717, 1.165) is 10.8 Å². The summed E-state index contributed by atoms with van der Waals surface area (Å²) in [5, 5.41) is 3.94. The van der Waals surface area contributed by atoms with Gasteiger partial charge in [0.1, 0.15) is 18.7 Å². The number of aryl methyl sites for hydroxylation is 1. The molecule has 0 aliphatic rings. The van der Waals surface area contributed by atoms with Gasteiger partial charge in [0.15, 0.2) is 12.1 Å². The summed E-state index contributed by atoms with van der Waals surface area (Å²) >= 11 is 3.34. The van der Waals surface area contributed by atoms with Gasteiger partial charge in [0.2, 0.25) is 0 Å². The molecule has 0 atom stereocenters. The van der Waals surface area contributed by atoms with Crippen molar-refractivity contribution in [2.24, 2.45) is 7.05 Å². The van der Waals surface area contributed by atoms with Gasteiger partial charge in [0.25, 0.3) is 0 Å². The van der Waals surface area contributed by atoms with E-state index in [1.165, 1.54) is 6.33 Å². The summed E-state index contributed by atoms with van der Waals surface area (Å²) in [6.45, 7) is 0.264. The molecule has 0 fully saturated rings. The van der Waals surface area contributed by atoms with Crippen molar-refractivity contribution in [3.05, 3.63) is 40.4 Å². The van der Waals surface area contributed by atoms with E-state index >= 15 is 0 Å². The molecule has 1 heterocycles. The van der Waals surface area contributed by atoms with E-state index in [1.54, 1.807) is 23.9 Å². The first-order valence-corrected chi connectivity index (χ1v) is 5.71. The number of hydrogen-bond acceptors (Lipinski definition) is 4. The standard InChI is InChI=1S/C11H10BrN3O2/c1-15-10(13-7-14-15)6-17-11-8(5-16)3-2-4-9(11)12/h2-5,7H,6H2,1H3. The van der Waals surface area contributed by atoms with E-state index < -0.39 is 0 Å². The van der Waals surface area contributed by atoms with Crippen LogP contribution in [0.15, 0.2) is 29.0 Å². The molecule has 6 heteroatoms. The summed E-state index contributed by atoms with van der Waals surface area (Å²) < 4.78 is 7.95. The molecule has 0 spiro atoms. The van der Waals surface area contributed by atoms with E-state index in [2.05, 4.69) is 26.0 Å². The largest absolute Gasteiger partial charge is 0.484 e. The second-order valence-electron chi connectivity index (χ2n) is 3.36. The van der Waals surface area contributed by atoms with Gasteiger partial charge in [-0.15, -0.1) is 0 Å². The Balaban J connectivity index is 2.19. The van der Waals surface area contributed by atoms with E-state index in [9.17, 15) is 4.79 Å². The summed E-state index contributed by atoms with van der Waals surface area (Å²) in [4.78, 5) is 14.9. The number of nitrogens with zero attached hydrogens (tertiary/aromatic N) is 3. The van der Waals surface area contributed by atoms with Crippen molar-refractivity contribution < 1.29 is 9.53 Å². The fourth-order valence-corrected chi connectivity index (χ4v) is 1.85. The quantitative estimate of drug-likeness (QED) is 0.809. The Hall–Kier alpha value is -1.69. The molecule has 0 bridgehead atoms. The van der Waals surface area contributed by atoms with E-state index in [4.69, 9.17) is 4.74 Å². The lowest BCUT2D eigenvalue weighted by Crippen LogP contribution is -2.05. The van der Waals surface area contributed by atoms with Crippen LogP contribution in [-0.4, -0.2) is 21.1 Å². The molecular weight excluding hydrogens is 286 g/mol. The molecule has 2 aromatic rings. The number of halogens is 1. The van der Waals surface area contributed by atoms with Gasteiger partial charge >= 0.3 is 0 Å². The minimum absolute atomic E-state index is 0.264. The van der Waals surface area contributed by atoms with Crippen LogP contribution in [0.1, 0.15) is 16.2 Å². The Kier molecular flexibility index (Phi) is 3.53. The summed E-state index contributed by atoms with van der Waals surface area (Å²) in [7, 11) is 1.78. The lowest BCUT2D eigenvalue weighted by atomic mass is 10.2. The minimum atomic E-state index is 0.264. The Morgan fingerprint density at radius 1 is 1.53 bits per heavy atom. The maximum atomic E-state index is 10.9. The smallest absolute Gasteiger partial charge is 0.164 e. The molecule has 5 nitrogen and oxygen atoms in total. The second kappa shape index (κ2) is 5.09. The molecule has 0 radical (unpaired) electrons. The van der Waals surface area contributed by atoms with Crippen molar-refractivity contribution in [1.82, 2.24) is 14.8 Å². The predicted molar refractivity (Wildman–Crippen MR) is 64.9 cm³/mol. The number of aromatic nitrogens is 3. The third kappa shape index (κ3) is 2.52. The normalized spacial score (nSPS) is 10.2. The summed E-state index contributed by atoms with van der Waals surface area (Å²) in [5.74, 6) is 1.21. The van der Waals surface area contributed by atoms with Gasteiger partial charge in [-0.2, -0.15) is 5.10 Å². The molecule has 0 N–H and O–H groups in total. The molecule has 0 saturated heterocycles. The highest BCUT2D eigenvalue weighted by Gasteiger charge is 2.09. The van der Waals surface area contributed by atoms with Crippen molar-refractivity contribution >= 4 is 22.2 Å². The Morgan fingerprint density at radius 3 is 3.00 bits per heavy atom. The van der Waals surface area contributed by atoms with Crippen LogP contribution in [0.2, 0.25) is 0 Å². The van der Waals surface area contributed by atoms with Gasteiger partial charge < -0.3 is 4.74 Å². The zero-order valence-electron chi connectivity index (χ0n) is 9.13. The van der Waals surface area contributed by atoms with Crippen LogP contribution >= 0.6 is 15.9 Å². The van der Waals surface area contributed by atoms with E-state index in [0.29, 0.717) is 17.1 Å². The third-order valence-electron chi connectivity index (χ3n) is 2.28. The van der Waals surface area contributed by atoms with Gasteiger partial charge in [-0.05, 0) is 28.1 Å². The lowest BCUT2D eigenvalue weighted by molar-refractivity contribution is 0.111. The number of carbonyl (C=O) groups is 1. The fourth-order valence-electron chi connectivity index (χ4n) is 1.36. The molecule has 1 aromatic carbocycles. The first-order chi connectivity index (χ1) is 8.22. The van der Waals surface area contributed by atoms with Gasteiger partial charge in [-0.3, -0.25) is 9.48 Å². The van der Waals surface area contributed by atoms with Crippen molar-refractivity contribution in [2.75, 3.05) is 0 Å². The van der Waals surface area contributed by atoms with Gasteiger partial charge in [-0.25, -0.2) is 4.98 Å². The highest BCUT2D eigenvalue weighted by Crippen LogP contribution is 2.28. The molecule has 0 saturated carbocycles. The zero-order valence-corrected chi connectivity index (χ0v) is 10.7. The maximum absolute atomic E-state index is 10.9. The molecular formula is C11H10BrN3O2. The van der Waals surface area contributed by atoms with Crippen LogP contribution in [0.4, 0.5) is 0 Å². The number of rotatable bonds is 4. The fraction of sp³-hybridized carbons (Fsp3) is 0.182. The topological polar surface area (TPSA) is 57.0 Å². The molecule has 0 aliphatic carbocycles. The van der Waals surface area contributed by atoms with E-state index in [1.807, 2.05) is 6.07 Å². The summed E-state index contributed by atoms with van der Waals surface area (Å²) in [5.41, 5.74) is 0.501. The maximum Gasteiger partial charge on any atom is 0.164 e. The molecule has 88 valence electrons. The molecule has 0 aliphatic heterocycles. The number of hydrogen-bond donors (Lipinski definition) is 0. The number of para-hydroxylation sites is 1. The van der Waals surface area contributed by atoms with Crippen molar-refractivity contribution in [2.45, 2.75) is 6.61 Å². The monoisotopic (exact) mass is 295 g/mol. The van der Waals surface area contributed by atoms with Crippen molar-refractivity contribution in [3.63, 3.8) is 0 Å². The first kappa shape index (κ1) is 11.8. The summed E-state index contributed by atoms with van der Waals surface area (Å²) in [6.07, 6.45) is 2.22. The van der Waals surface area contributed by atoms with Gasteiger partial charge in [-0.1, -0.05) is 6.07 Å². The van der Waals surface area contributed by atoms with Crippen molar-refractivity contribution in [1.29, 1.82) is 0 Å². The van der Waals surface area contributed by atoms with Crippen LogP contribution in [0, 0.1) is 0 Å². The van der Waals surface area contributed by atoms with Crippen LogP contribution in [-0.2, 0) is 13.7 Å². The molecule has 2 rings (SSSR count). The summed E-state index contributed by atoms with van der Waals surface area (Å²) in [6, 6.07) is 5.30. The molecule has 0 amide bonds. The van der Waals surface area contributed by atoms with E-state index in [-0.39, 0.29) is 6.61 Å². The second-order valence-corrected chi connectivity index (χ2v) is 4.22. The third-order valence-corrected chi connectivity index (χ3v) is 2.90. The van der Waals surface area contributed by atoms with Crippen LogP contribution in [0.5, 0.6) is 5.75 Å². The van der Waals surface area contributed by atoms with Gasteiger partial charge in [0, 0.05) is 7.05 Å². The van der Waals surface area contributed by atoms with Crippen LogP contribution in [0.25, 0.3) is 0 Å². The Labute approximate surface area is 107 Å². The van der Waals surface area contributed by atoms with Crippen LogP contribution in [0.3, 0.4) is 0 Å². The van der Waals surface area contributed by atoms with Crippen molar-refractivity contribution in [3.8, 4) is 5.75 Å². The zero-order chi connectivity index (χ0) is 12.3. The number of carbonyl (C=O) groups excluding carboxylic acids is 1. The number of benzene rings is 1. The first-order valence-electron chi connectivity index (χ1n) is 4.91. The van der Waals surface area contributed by atoms with Gasteiger partial charge in [0.05, 0.1) is 10.0 Å². The minimum Gasteiger partial charge on any atom is -0.484 e. The van der Waals surface area contributed by atoms with Crippen LogP contribution < -0.4 is 4.74 Å². The average molecular weight is 296 g/mol. The SMILES string of the molecule is Cn1ncnc1COc1c(Br)cccc1C=O.